The van der Waals surface area contributed by atoms with E-state index in [1.807, 2.05) is 0 Å². The van der Waals surface area contributed by atoms with Gasteiger partial charge in [-0.1, -0.05) is 6.42 Å². The molecule has 1 heterocycles. The molecule has 1 aliphatic rings. The quantitative estimate of drug-likeness (QED) is 0.498. The van der Waals surface area contributed by atoms with Gasteiger partial charge < -0.3 is 14.1 Å². The van der Waals surface area contributed by atoms with Crippen LogP contribution in [0.2, 0.25) is 0 Å². The molecule has 7 heteroatoms. The zero-order valence-corrected chi connectivity index (χ0v) is 12.3. The van der Waals surface area contributed by atoms with Gasteiger partial charge in [-0.05, 0) is 25.3 Å². The molecule has 116 valence electrons. The molecule has 2 atom stereocenters. The summed E-state index contributed by atoms with van der Waals surface area (Å²) in [5.74, 6) is -0.838. The van der Waals surface area contributed by atoms with Crippen LogP contribution in [0.15, 0.2) is 16.5 Å². The normalized spacial score (nSPS) is 22.2. The van der Waals surface area contributed by atoms with Crippen LogP contribution < -0.4 is 4.90 Å². The highest BCUT2D eigenvalue weighted by molar-refractivity contribution is 5.86. The smallest absolute Gasteiger partial charge is 0.433 e. The van der Waals surface area contributed by atoms with Gasteiger partial charge in [-0.25, -0.2) is 4.79 Å². The Balaban J connectivity index is 2.00. The van der Waals surface area contributed by atoms with E-state index in [9.17, 15) is 14.9 Å². The fourth-order valence-corrected chi connectivity index (χ4v) is 2.82. The minimum atomic E-state index is -0.671. The predicted octanol–water partition coefficient (Wildman–Crippen LogP) is 1.05. The molecular weight excluding hydrogens is 276 g/mol. The number of rotatable bonds is 5. The van der Waals surface area contributed by atoms with Crippen molar-refractivity contribution in [3.05, 3.63) is 28.0 Å². The third-order valence-electron chi connectivity index (χ3n) is 3.74. The second kappa shape index (κ2) is 6.71. The molecule has 0 radical (unpaired) electrons. The van der Waals surface area contributed by atoms with E-state index in [0.717, 1.165) is 32.2 Å². The zero-order valence-electron chi connectivity index (χ0n) is 12.3. The van der Waals surface area contributed by atoms with E-state index in [1.165, 1.54) is 17.0 Å². The van der Waals surface area contributed by atoms with Gasteiger partial charge in [0, 0.05) is 5.92 Å². The van der Waals surface area contributed by atoms with Crippen LogP contribution in [0.4, 0.5) is 5.88 Å². The molecule has 1 fully saturated rings. The lowest BCUT2D eigenvalue weighted by Crippen LogP contribution is -3.06. The number of hydrogen-bond acceptors (Lipinski definition) is 5. The van der Waals surface area contributed by atoms with Crippen molar-refractivity contribution in [3.63, 3.8) is 0 Å². The van der Waals surface area contributed by atoms with E-state index >= 15 is 0 Å². The lowest BCUT2D eigenvalue weighted by molar-refractivity contribution is -0.862. The van der Waals surface area contributed by atoms with Crippen LogP contribution in [0.3, 0.4) is 0 Å². The minimum Gasteiger partial charge on any atom is -0.456 e. The Hall–Kier alpha value is -1.89. The molecule has 1 saturated carbocycles. The summed E-state index contributed by atoms with van der Waals surface area (Å²) in [5, 5.41) is 10.6. The molecule has 0 spiro atoms. The Morgan fingerprint density at radius 3 is 2.76 bits per heavy atom. The van der Waals surface area contributed by atoms with Gasteiger partial charge in [0.25, 0.3) is 0 Å². The van der Waals surface area contributed by atoms with Crippen molar-refractivity contribution in [3.8, 4) is 0 Å². The van der Waals surface area contributed by atoms with Crippen LogP contribution in [0.25, 0.3) is 0 Å². The molecule has 1 aliphatic carbocycles. The molecule has 1 aromatic rings. The number of nitrogens with one attached hydrogen (secondary N) is 1. The van der Waals surface area contributed by atoms with E-state index in [2.05, 4.69) is 14.1 Å². The summed E-state index contributed by atoms with van der Waals surface area (Å²) >= 11 is 0. The van der Waals surface area contributed by atoms with Crippen molar-refractivity contribution >= 4 is 11.9 Å². The average Bonchev–Trinajstić information content (AvgIpc) is 2.90. The number of quaternary nitrogens is 1. The molecule has 1 N–H and O–H groups in total. The maximum absolute atomic E-state index is 12.0. The van der Waals surface area contributed by atoms with Crippen molar-refractivity contribution in [2.75, 3.05) is 20.6 Å². The summed E-state index contributed by atoms with van der Waals surface area (Å²) in [6.45, 7) is 0.941. The van der Waals surface area contributed by atoms with Crippen LogP contribution in [0, 0.1) is 16.0 Å². The van der Waals surface area contributed by atoms with Crippen LogP contribution in [0.1, 0.15) is 36.2 Å². The summed E-state index contributed by atoms with van der Waals surface area (Å²) in [4.78, 5) is 23.2. The van der Waals surface area contributed by atoms with Crippen molar-refractivity contribution in [1.29, 1.82) is 0 Å². The number of hydrogen-bond donors (Lipinski definition) is 1. The van der Waals surface area contributed by atoms with E-state index in [4.69, 9.17) is 9.15 Å². The topological polar surface area (TPSA) is 87.0 Å². The van der Waals surface area contributed by atoms with E-state index in [-0.39, 0.29) is 11.9 Å². The molecule has 1 aromatic heterocycles. The number of nitrogens with zero attached hydrogens (tertiary/aromatic N) is 1. The van der Waals surface area contributed by atoms with Gasteiger partial charge in [-0.15, -0.1) is 0 Å². The van der Waals surface area contributed by atoms with Crippen LogP contribution in [-0.4, -0.2) is 37.6 Å². The van der Waals surface area contributed by atoms with Gasteiger partial charge in [-0.3, -0.25) is 10.1 Å². The van der Waals surface area contributed by atoms with Gasteiger partial charge in [0.15, 0.2) is 0 Å². The van der Waals surface area contributed by atoms with Crippen molar-refractivity contribution in [2.24, 2.45) is 5.92 Å². The highest BCUT2D eigenvalue weighted by Gasteiger charge is 2.31. The van der Waals surface area contributed by atoms with Gasteiger partial charge in [0.1, 0.15) is 11.0 Å². The predicted molar refractivity (Wildman–Crippen MR) is 74.2 cm³/mol. The zero-order chi connectivity index (χ0) is 15.4. The van der Waals surface area contributed by atoms with Gasteiger partial charge >= 0.3 is 11.9 Å². The Labute approximate surface area is 123 Å². The first kappa shape index (κ1) is 15.5. The lowest BCUT2D eigenvalue weighted by Gasteiger charge is -2.31. The maximum atomic E-state index is 12.0. The number of nitro groups is 1. The highest BCUT2D eigenvalue weighted by Crippen LogP contribution is 2.27. The van der Waals surface area contributed by atoms with E-state index < -0.39 is 16.8 Å². The molecular formula is C14H21N2O5+. The van der Waals surface area contributed by atoms with Crippen molar-refractivity contribution in [2.45, 2.75) is 31.8 Å². The Bertz CT molecular complexity index is 511. The first-order valence-electron chi connectivity index (χ1n) is 7.21. The maximum Gasteiger partial charge on any atom is 0.433 e. The lowest BCUT2D eigenvalue weighted by atomic mass is 9.86. The van der Waals surface area contributed by atoms with Crippen molar-refractivity contribution in [1.82, 2.24) is 0 Å². The fraction of sp³-hybridized carbons (Fsp3) is 0.643. The second-order valence-electron chi connectivity index (χ2n) is 5.79. The molecule has 0 saturated heterocycles. The summed E-state index contributed by atoms with van der Waals surface area (Å²) in [6.07, 6.45) is 3.94. The standard InChI is InChI=1S/C14H20N2O5/c1-15(2)9-10-5-3-4-6-11(10)21-14(17)12-7-8-13(20-12)16(18)19/h7-8,10-11H,3-6,9H2,1-2H3/p+1/t10-,11+/m0/s1. The first-order valence-corrected chi connectivity index (χ1v) is 7.21. The van der Waals surface area contributed by atoms with Crippen molar-refractivity contribution < 1.29 is 23.8 Å². The first-order chi connectivity index (χ1) is 9.97. The van der Waals surface area contributed by atoms with Gasteiger partial charge in [-0.2, -0.15) is 0 Å². The minimum absolute atomic E-state index is 0.108. The van der Waals surface area contributed by atoms with Crippen LogP contribution in [0.5, 0.6) is 0 Å². The Morgan fingerprint density at radius 1 is 1.43 bits per heavy atom. The average molecular weight is 297 g/mol. The molecule has 0 aliphatic heterocycles. The second-order valence-corrected chi connectivity index (χ2v) is 5.79. The van der Waals surface area contributed by atoms with E-state index in [0.29, 0.717) is 5.92 Å². The Morgan fingerprint density at radius 2 is 2.14 bits per heavy atom. The number of ether oxygens (including phenoxy) is 1. The van der Waals surface area contributed by atoms with Crippen LogP contribution >= 0.6 is 0 Å². The molecule has 0 bridgehead atoms. The molecule has 2 rings (SSSR count). The fourth-order valence-electron chi connectivity index (χ4n) is 2.82. The summed E-state index contributed by atoms with van der Waals surface area (Å²) in [7, 11) is 4.15. The number of furan rings is 1. The molecule has 0 unspecified atom stereocenters. The highest BCUT2D eigenvalue weighted by atomic mass is 16.7. The van der Waals surface area contributed by atoms with E-state index in [1.54, 1.807) is 0 Å². The largest absolute Gasteiger partial charge is 0.456 e. The molecule has 7 nitrogen and oxygen atoms in total. The third-order valence-corrected chi connectivity index (χ3v) is 3.74. The summed E-state index contributed by atoms with van der Waals surface area (Å²) in [6, 6.07) is 2.45. The molecule has 0 amide bonds. The third kappa shape index (κ3) is 4.04. The van der Waals surface area contributed by atoms with Gasteiger partial charge in [0.2, 0.25) is 5.76 Å². The number of carbonyl (C=O) groups excluding carboxylic acids is 1. The van der Waals surface area contributed by atoms with Crippen LogP contribution in [-0.2, 0) is 4.74 Å². The molecule has 0 aromatic carbocycles. The van der Waals surface area contributed by atoms with Gasteiger partial charge in [0.05, 0.1) is 26.7 Å². The molecule has 21 heavy (non-hydrogen) atoms. The monoisotopic (exact) mass is 297 g/mol. The number of esters is 1. The summed E-state index contributed by atoms with van der Waals surface area (Å²) < 4.78 is 10.4. The number of carbonyl (C=O) groups is 1. The SMILES string of the molecule is C[NH+](C)C[C@@H]1CCCC[C@H]1OC(=O)c1ccc([N+](=O)[O-])o1. The summed E-state index contributed by atoms with van der Waals surface area (Å²) in [5.41, 5.74) is 0. The Kier molecular flexibility index (Phi) is 4.95.